The molecule has 2 heteroatoms. The summed E-state index contributed by atoms with van der Waals surface area (Å²) < 4.78 is 0. The van der Waals surface area contributed by atoms with Crippen LogP contribution in [0.15, 0.2) is 36.4 Å². The predicted octanol–water partition coefficient (Wildman–Crippen LogP) is 4.94. The van der Waals surface area contributed by atoms with Crippen molar-refractivity contribution in [2.45, 2.75) is 46.0 Å². The van der Waals surface area contributed by atoms with E-state index in [1.54, 1.807) is 0 Å². The van der Waals surface area contributed by atoms with Crippen molar-refractivity contribution in [2.24, 2.45) is 0 Å². The topological polar surface area (TPSA) is 12.0 Å². The summed E-state index contributed by atoms with van der Waals surface area (Å²) in [6, 6.07) is 13.4. The van der Waals surface area contributed by atoms with E-state index >= 15 is 0 Å². The van der Waals surface area contributed by atoms with Gasteiger partial charge < -0.3 is 5.32 Å². The van der Waals surface area contributed by atoms with Crippen LogP contribution >= 0.6 is 11.3 Å². The van der Waals surface area contributed by atoms with Crippen molar-refractivity contribution in [3.8, 4) is 0 Å². The molecule has 1 unspecified atom stereocenters. The van der Waals surface area contributed by atoms with Crippen molar-refractivity contribution < 1.29 is 0 Å². The maximum Gasteiger partial charge on any atom is 0.00547 e. The fourth-order valence-corrected chi connectivity index (χ4v) is 3.79. The van der Waals surface area contributed by atoms with Crippen LogP contribution in [0.25, 0.3) is 0 Å². The molecule has 0 bridgehead atoms. The van der Waals surface area contributed by atoms with E-state index in [-0.39, 0.29) is 0 Å². The molecule has 2 aromatic rings. The molecule has 1 aromatic heterocycles. The Morgan fingerprint density at radius 2 is 1.81 bits per heavy atom. The Hall–Kier alpha value is -1.12. The normalized spacial score (nSPS) is 12.5. The van der Waals surface area contributed by atoms with Gasteiger partial charge in [0.15, 0.2) is 0 Å². The van der Waals surface area contributed by atoms with Crippen LogP contribution in [-0.4, -0.2) is 13.1 Å². The van der Waals surface area contributed by atoms with Crippen LogP contribution in [0.1, 0.15) is 47.1 Å². The van der Waals surface area contributed by atoms with Crippen LogP contribution in [0, 0.1) is 6.92 Å². The minimum Gasteiger partial charge on any atom is -0.316 e. The van der Waals surface area contributed by atoms with Gasteiger partial charge in [-0.2, -0.15) is 0 Å². The van der Waals surface area contributed by atoms with Crippen LogP contribution in [0.2, 0.25) is 0 Å². The molecule has 0 spiro atoms. The SMILES string of the molecule is CCCNCC(Cc1ccc(CC)s1)c1ccccc1C. The van der Waals surface area contributed by atoms with E-state index in [1.807, 2.05) is 11.3 Å². The smallest absolute Gasteiger partial charge is 0.00547 e. The van der Waals surface area contributed by atoms with E-state index in [0.29, 0.717) is 5.92 Å². The molecule has 1 nitrogen and oxygen atoms in total. The van der Waals surface area contributed by atoms with Gasteiger partial charge >= 0.3 is 0 Å². The van der Waals surface area contributed by atoms with Crippen LogP contribution in [0.3, 0.4) is 0 Å². The van der Waals surface area contributed by atoms with E-state index < -0.39 is 0 Å². The number of benzene rings is 1. The molecule has 21 heavy (non-hydrogen) atoms. The van der Waals surface area contributed by atoms with Crippen molar-refractivity contribution in [3.05, 3.63) is 57.3 Å². The highest BCUT2D eigenvalue weighted by molar-refractivity contribution is 7.11. The number of hydrogen-bond acceptors (Lipinski definition) is 2. The second-order valence-electron chi connectivity index (χ2n) is 5.68. The van der Waals surface area contributed by atoms with Crippen LogP contribution in [0.4, 0.5) is 0 Å². The zero-order valence-electron chi connectivity index (χ0n) is 13.5. The van der Waals surface area contributed by atoms with Crippen molar-refractivity contribution in [3.63, 3.8) is 0 Å². The first-order valence-electron chi connectivity index (χ1n) is 8.08. The zero-order valence-corrected chi connectivity index (χ0v) is 14.3. The maximum atomic E-state index is 3.61. The van der Waals surface area contributed by atoms with Gasteiger partial charge in [-0.05, 0) is 56.0 Å². The predicted molar refractivity (Wildman–Crippen MR) is 94.5 cm³/mol. The number of rotatable bonds is 8. The Morgan fingerprint density at radius 1 is 1.05 bits per heavy atom. The molecule has 0 aliphatic carbocycles. The van der Waals surface area contributed by atoms with E-state index in [0.717, 1.165) is 25.9 Å². The Labute approximate surface area is 133 Å². The molecule has 0 amide bonds. The molecule has 1 heterocycles. The Kier molecular flexibility index (Phi) is 6.47. The van der Waals surface area contributed by atoms with Gasteiger partial charge in [-0.1, -0.05) is 38.1 Å². The molecule has 114 valence electrons. The zero-order chi connectivity index (χ0) is 15.1. The van der Waals surface area contributed by atoms with Crippen LogP contribution < -0.4 is 5.32 Å². The molecular weight excluding hydrogens is 274 g/mol. The molecule has 0 radical (unpaired) electrons. The molecule has 0 aliphatic heterocycles. The van der Waals surface area contributed by atoms with Gasteiger partial charge in [0.05, 0.1) is 0 Å². The average Bonchev–Trinajstić information content (AvgIpc) is 2.95. The molecule has 0 saturated heterocycles. The third-order valence-electron chi connectivity index (χ3n) is 3.96. The quantitative estimate of drug-likeness (QED) is 0.681. The minimum atomic E-state index is 0.570. The van der Waals surface area contributed by atoms with E-state index in [9.17, 15) is 0 Å². The van der Waals surface area contributed by atoms with Gasteiger partial charge in [0, 0.05) is 22.2 Å². The largest absolute Gasteiger partial charge is 0.316 e. The monoisotopic (exact) mass is 301 g/mol. The summed E-state index contributed by atoms with van der Waals surface area (Å²) in [7, 11) is 0. The average molecular weight is 301 g/mol. The van der Waals surface area contributed by atoms with Gasteiger partial charge in [0.2, 0.25) is 0 Å². The number of hydrogen-bond donors (Lipinski definition) is 1. The van der Waals surface area contributed by atoms with E-state index in [4.69, 9.17) is 0 Å². The lowest BCUT2D eigenvalue weighted by molar-refractivity contribution is 0.577. The van der Waals surface area contributed by atoms with E-state index in [1.165, 1.54) is 27.3 Å². The first-order chi connectivity index (χ1) is 10.2. The second-order valence-corrected chi connectivity index (χ2v) is 6.94. The molecule has 1 aromatic carbocycles. The maximum absolute atomic E-state index is 3.61. The summed E-state index contributed by atoms with van der Waals surface area (Å²) >= 11 is 1.97. The van der Waals surface area contributed by atoms with Gasteiger partial charge in [0.25, 0.3) is 0 Å². The molecule has 1 N–H and O–H groups in total. The number of aryl methyl sites for hydroxylation is 2. The van der Waals surface area contributed by atoms with Crippen molar-refractivity contribution in [1.29, 1.82) is 0 Å². The van der Waals surface area contributed by atoms with Crippen LogP contribution in [-0.2, 0) is 12.8 Å². The lowest BCUT2D eigenvalue weighted by Gasteiger charge is -2.19. The Morgan fingerprint density at radius 3 is 2.48 bits per heavy atom. The fraction of sp³-hybridized carbons (Fsp3) is 0.474. The molecule has 0 aliphatic rings. The van der Waals surface area contributed by atoms with E-state index in [2.05, 4.69) is 62.5 Å². The molecular formula is C19H27NS. The molecule has 0 fully saturated rings. The van der Waals surface area contributed by atoms with Gasteiger partial charge in [0.1, 0.15) is 0 Å². The standard InChI is InChI=1S/C19H27NS/c1-4-12-20-14-16(19-9-7-6-8-15(19)3)13-18-11-10-17(5-2)21-18/h6-11,16,20H,4-5,12-14H2,1-3H3. The first-order valence-corrected chi connectivity index (χ1v) is 8.90. The Balaban J connectivity index is 2.13. The summed E-state index contributed by atoms with van der Waals surface area (Å²) in [5.74, 6) is 0.570. The number of thiophene rings is 1. The van der Waals surface area contributed by atoms with Crippen molar-refractivity contribution in [1.82, 2.24) is 5.32 Å². The van der Waals surface area contributed by atoms with Gasteiger partial charge in [-0.25, -0.2) is 0 Å². The first kappa shape index (κ1) is 16.3. The molecule has 1 atom stereocenters. The molecule has 2 rings (SSSR count). The third kappa shape index (κ3) is 4.69. The summed E-state index contributed by atoms with van der Waals surface area (Å²) in [6.45, 7) is 8.86. The lowest BCUT2D eigenvalue weighted by Crippen LogP contribution is -2.24. The molecule has 0 saturated carbocycles. The summed E-state index contributed by atoms with van der Waals surface area (Å²) in [5, 5.41) is 3.61. The lowest BCUT2D eigenvalue weighted by atomic mass is 9.91. The van der Waals surface area contributed by atoms with Gasteiger partial charge in [-0.3, -0.25) is 0 Å². The van der Waals surface area contributed by atoms with Crippen LogP contribution in [0.5, 0.6) is 0 Å². The highest BCUT2D eigenvalue weighted by Gasteiger charge is 2.15. The van der Waals surface area contributed by atoms with Gasteiger partial charge in [-0.15, -0.1) is 11.3 Å². The number of nitrogens with one attached hydrogen (secondary N) is 1. The Bertz CT molecular complexity index is 544. The minimum absolute atomic E-state index is 0.570. The summed E-state index contributed by atoms with van der Waals surface area (Å²) in [4.78, 5) is 3.01. The second kappa shape index (κ2) is 8.35. The summed E-state index contributed by atoms with van der Waals surface area (Å²) in [6.07, 6.45) is 3.49. The highest BCUT2D eigenvalue weighted by atomic mass is 32.1. The fourth-order valence-electron chi connectivity index (χ4n) is 2.75. The summed E-state index contributed by atoms with van der Waals surface area (Å²) in [5.41, 5.74) is 2.90. The third-order valence-corrected chi connectivity index (χ3v) is 5.21. The van der Waals surface area contributed by atoms with Crippen molar-refractivity contribution >= 4 is 11.3 Å². The highest BCUT2D eigenvalue weighted by Crippen LogP contribution is 2.27. The van der Waals surface area contributed by atoms with Crippen molar-refractivity contribution in [2.75, 3.05) is 13.1 Å².